The van der Waals surface area contributed by atoms with Crippen molar-refractivity contribution in [1.82, 2.24) is 4.57 Å². The van der Waals surface area contributed by atoms with Gasteiger partial charge in [-0.2, -0.15) is 0 Å². The summed E-state index contributed by atoms with van der Waals surface area (Å²) in [7, 11) is 0. The van der Waals surface area contributed by atoms with Crippen molar-refractivity contribution in [3.63, 3.8) is 0 Å². The van der Waals surface area contributed by atoms with Crippen molar-refractivity contribution in [2.75, 3.05) is 4.90 Å². The molecule has 0 unspecified atom stereocenters. The van der Waals surface area contributed by atoms with Crippen LogP contribution in [0.5, 0.6) is 0 Å². The average molecular weight is 803 g/mol. The fraction of sp³-hybridized carbons (Fsp3) is 0.0492. The lowest BCUT2D eigenvalue weighted by Crippen LogP contribution is -2.25. The summed E-state index contributed by atoms with van der Waals surface area (Å²) in [4.78, 5) is 2.51. The summed E-state index contributed by atoms with van der Waals surface area (Å²) in [6.07, 6.45) is 2.03. The molecule has 10 aromatic carbocycles. The van der Waals surface area contributed by atoms with Crippen LogP contribution in [0, 0.1) is 0 Å². The summed E-state index contributed by atoms with van der Waals surface area (Å²) in [5, 5.41) is 4.94. The molecule has 0 fully saturated rings. The van der Waals surface area contributed by atoms with Gasteiger partial charge in [0.05, 0.1) is 22.4 Å². The van der Waals surface area contributed by atoms with Gasteiger partial charge in [-0.3, -0.25) is 0 Å². The van der Waals surface area contributed by atoms with E-state index in [-0.39, 0.29) is 5.41 Å². The molecule has 13 rings (SSSR count). The molecular formula is C61H42N2. The molecule has 11 aromatic rings. The fourth-order valence-corrected chi connectivity index (χ4v) is 11.2. The maximum absolute atomic E-state index is 2.53. The highest BCUT2D eigenvalue weighted by molar-refractivity contribution is 6.11. The summed E-state index contributed by atoms with van der Waals surface area (Å²) in [6.45, 7) is 0. The molecular weight excluding hydrogens is 761 g/mol. The van der Waals surface area contributed by atoms with E-state index in [4.69, 9.17) is 0 Å². The third kappa shape index (κ3) is 5.51. The lowest BCUT2D eigenvalue weighted by Gasteiger charge is -2.31. The second-order valence-corrected chi connectivity index (χ2v) is 17.3. The maximum atomic E-state index is 2.53. The van der Waals surface area contributed by atoms with Gasteiger partial charge in [-0.1, -0.05) is 176 Å². The molecule has 2 nitrogen and oxygen atoms in total. The number of para-hydroxylation sites is 4. The van der Waals surface area contributed by atoms with Crippen molar-refractivity contribution in [2.24, 2.45) is 0 Å². The van der Waals surface area contributed by atoms with E-state index in [1.165, 1.54) is 88.2 Å². The van der Waals surface area contributed by atoms with E-state index in [0.717, 1.165) is 35.6 Å². The van der Waals surface area contributed by atoms with Crippen LogP contribution in [0.3, 0.4) is 0 Å². The van der Waals surface area contributed by atoms with Crippen LogP contribution in [0.1, 0.15) is 22.3 Å². The van der Waals surface area contributed by atoms with Gasteiger partial charge in [-0.15, -0.1) is 0 Å². The zero-order valence-electron chi connectivity index (χ0n) is 34.7. The van der Waals surface area contributed by atoms with Gasteiger partial charge in [0.2, 0.25) is 0 Å². The third-order valence-electron chi connectivity index (χ3n) is 14.0. The van der Waals surface area contributed by atoms with Gasteiger partial charge in [-0.25, -0.2) is 0 Å². The third-order valence-corrected chi connectivity index (χ3v) is 14.0. The van der Waals surface area contributed by atoms with Gasteiger partial charge in [-0.05, 0) is 123 Å². The van der Waals surface area contributed by atoms with Gasteiger partial charge >= 0.3 is 0 Å². The number of fused-ring (bicyclic) bond motifs is 10. The predicted molar refractivity (Wildman–Crippen MR) is 264 cm³/mol. The van der Waals surface area contributed by atoms with Crippen molar-refractivity contribution in [3.8, 4) is 39.1 Å². The molecule has 0 saturated heterocycles. The van der Waals surface area contributed by atoms with Crippen molar-refractivity contribution < 1.29 is 0 Å². The second-order valence-electron chi connectivity index (χ2n) is 17.3. The van der Waals surface area contributed by atoms with E-state index in [2.05, 4.69) is 240 Å². The summed E-state index contributed by atoms with van der Waals surface area (Å²) in [5.41, 5.74) is 20.1. The van der Waals surface area contributed by atoms with Crippen LogP contribution in [0.2, 0.25) is 0 Å². The van der Waals surface area contributed by atoms with E-state index < -0.39 is 0 Å². The quantitative estimate of drug-likeness (QED) is 0.163. The number of hydrogen-bond donors (Lipinski definition) is 0. The number of benzene rings is 10. The minimum Gasteiger partial charge on any atom is -0.309 e. The topological polar surface area (TPSA) is 8.17 Å². The lowest BCUT2D eigenvalue weighted by atomic mass is 9.75. The van der Waals surface area contributed by atoms with Crippen molar-refractivity contribution in [2.45, 2.75) is 18.3 Å². The molecule has 2 aliphatic rings. The molecule has 0 aliphatic heterocycles. The highest BCUT2D eigenvalue weighted by atomic mass is 15.1. The Balaban J connectivity index is 1.05. The van der Waals surface area contributed by atoms with Crippen LogP contribution in [0.4, 0.5) is 17.1 Å². The van der Waals surface area contributed by atoms with E-state index in [1.54, 1.807) is 0 Å². The zero-order valence-corrected chi connectivity index (χ0v) is 34.7. The first-order valence-corrected chi connectivity index (χ1v) is 22.1. The predicted octanol–water partition coefficient (Wildman–Crippen LogP) is 15.8. The number of hydrogen-bond acceptors (Lipinski definition) is 1. The molecule has 0 atom stereocenters. The summed E-state index contributed by atoms with van der Waals surface area (Å²) >= 11 is 0. The first kappa shape index (κ1) is 35.8. The largest absolute Gasteiger partial charge is 0.309 e. The standard InChI is InChI=1S/C61H42N2/c1-2-20-47(21-3-1)62-59-29-15-11-25-53(59)54-35-33-48(38-60(54)62)63(57-27-13-9-22-49(57)43-31-30-41-16-4-5-17-42(41)36-43)58-28-14-10-23-50(58)44-32-34-52-51-24-8-12-26-55(51)61(56(52)37-44)39-45-18-6-7-19-46(45)40-61/h1-38H,39-40H2. The van der Waals surface area contributed by atoms with Crippen LogP contribution in [0.15, 0.2) is 231 Å². The van der Waals surface area contributed by atoms with Crippen LogP contribution in [-0.4, -0.2) is 4.57 Å². The van der Waals surface area contributed by atoms with Crippen molar-refractivity contribution in [3.05, 3.63) is 253 Å². The monoisotopic (exact) mass is 802 g/mol. The zero-order chi connectivity index (χ0) is 41.5. The van der Waals surface area contributed by atoms with Crippen LogP contribution < -0.4 is 4.90 Å². The Morgan fingerprint density at radius 1 is 0.365 bits per heavy atom. The van der Waals surface area contributed by atoms with E-state index in [1.807, 2.05) is 0 Å². The SMILES string of the molecule is c1ccc(-n2c3ccccc3c3ccc(N(c4ccccc4-c4ccc5c(c4)C4(Cc6ccccc6C4)c4ccccc4-5)c4ccccc4-c4ccc5ccccc5c4)cc32)cc1. The molecule has 0 bridgehead atoms. The molecule has 0 N–H and O–H groups in total. The maximum Gasteiger partial charge on any atom is 0.0561 e. The lowest BCUT2D eigenvalue weighted by molar-refractivity contribution is 0.564. The van der Waals surface area contributed by atoms with Crippen molar-refractivity contribution >= 4 is 49.6 Å². The Bertz CT molecular complexity index is 3570. The number of rotatable bonds is 6. The Kier molecular flexibility index (Phi) is 7.98. The molecule has 0 radical (unpaired) electrons. The van der Waals surface area contributed by atoms with Gasteiger partial charge < -0.3 is 9.47 Å². The van der Waals surface area contributed by atoms with E-state index >= 15 is 0 Å². The van der Waals surface area contributed by atoms with Crippen LogP contribution in [-0.2, 0) is 18.3 Å². The highest BCUT2D eigenvalue weighted by Gasteiger charge is 2.47. The Morgan fingerprint density at radius 3 is 1.71 bits per heavy atom. The summed E-state index contributed by atoms with van der Waals surface area (Å²) in [5.74, 6) is 0. The van der Waals surface area contributed by atoms with Gasteiger partial charge in [0, 0.05) is 38.7 Å². The number of anilines is 3. The molecule has 296 valence electrons. The highest BCUT2D eigenvalue weighted by Crippen LogP contribution is 2.56. The summed E-state index contributed by atoms with van der Waals surface area (Å²) in [6, 6.07) is 85.6. The van der Waals surface area contributed by atoms with Crippen LogP contribution >= 0.6 is 0 Å². The smallest absolute Gasteiger partial charge is 0.0561 e. The van der Waals surface area contributed by atoms with Gasteiger partial charge in [0.25, 0.3) is 0 Å². The Morgan fingerprint density at radius 2 is 0.937 bits per heavy atom. The Hall–Kier alpha value is -7.94. The minimum absolute atomic E-state index is 0.0984. The van der Waals surface area contributed by atoms with Crippen LogP contribution in [0.25, 0.3) is 71.6 Å². The van der Waals surface area contributed by atoms with Gasteiger partial charge in [0.15, 0.2) is 0 Å². The number of aromatic nitrogens is 1. The number of nitrogens with zero attached hydrogens (tertiary/aromatic N) is 2. The molecule has 1 heterocycles. The van der Waals surface area contributed by atoms with Crippen molar-refractivity contribution in [1.29, 1.82) is 0 Å². The van der Waals surface area contributed by atoms with E-state index in [9.17, 15) is 0 Å². The second kappa shape index (κ2) is 14.1. The molecule has 2 aliphatic carbocycles. The van der Waals surface area contributed by atoms with E-state index in [0.29, 0.717) is 0 Å². The first-order chi connectivity index (χ1) is 31.2. The average Bonchev–Trinajstić information content (AvgIpc) is 3.99. The summed E-state index contributed by atoms with van der Waals surface area (Å²) < 4.78 is 2.42. The first-order valence-electron chi connectivity index (χ1n) is 22.1. The Labute approximate surface area is 367 Å². The molecule has 1 spiro atoms. The fourth-order valence-electron chi connectivity index (χ4n) is 11.2. The molecule has 63 heavy (non-hydrogen) atoms. The minimum atomic E-state index is -0.0984. The molecule has 1 aromatic heterocycles. The molecule has 0 saturated carbocycles. The van der Waals surface area contributed by atoms with Gasteiger partial charge in [0.1, 0.15) is 0 Å². The molecule has 0 amide bonds. The molecule has 2 heteroatoms. The normalized spacial score (nSPS) is 13.4.